The number of hydrogen-bond donors (Lipinski definition) is 0. The van der Waals surface area contributed by atoms with E-state index in [0.717, 1.165) is 13.0 Å². The zero-order valence-corrected chi connectivity index (χ0v) is 11.9. The Morgan fingerprint density at radius 2 is 2.05 bits per heavy atom. The van der Waals surface area contributed by atoms with Gasteiger partial charge in [-0.15, -0.1) is 5.10 Å². The number of ether oxygens (including phenoxy) is 2. The van der Waals surface area contributed by atoms with Crippen LogP contribution >= 0.6 is 0 Å². The lowest BCUT2D eigenvalue weighted by Crippen LogP contribution is -2.09. The normalized spacial score (nSPS) is 11.2. The molecule has 6 nitrogen and oxygen atoms in total. The van der Waals surface area contributed by atoms with E-state index in [0.29, 0.717) is 18.9 Å². The second-order valence-corrected chi connectivity index (χ2v) is 4.26. The summed E-state index contributed by atoms with van der Waals surface area (Å²) < 4.78 is 12.8. The van der Waals surface area contributed by atoms with E-state index in [-0.39, 0.29) is 0 Å². The van der Waals surface area contributed by atoms with Crippen molar-refractivity contribution >= 4 is 0 Å². The summed E-state index contributed by atoms with van der Waals surface area (Å²) in [6, 6.07) is 3.98. The van der Waals surface area contributed by atoms with Crippen molar-refractivity contribution in [3.05, 3.63) is 42.0 Å². The highest BCUT2D eigenvalue weighted by molar-refractivity contribution is 5.08. The molecule has 0 spiro atoms. The van der Waals surface area contributed by atoms with E-state index >= 15 is 0 Å². The smallest absolute Gasteiger partial charge is 0.204 e. The predicted octanol–water partition coefficient (Wildman–Crippen LogP) is 1.99. The first-order chi connectivity index (χ1) is 9.83. The van der Waals surface area contributed by atoms with Gasteiger partial charge in [-0.05, 0) is 31.9 Å². The minimum atomic E-state index is -0.433. The number of hydrogen-bond acceptors (Lipinski definition) is 5. The van der Waals surface area contributed by atoms with E-state index in [1.807, 2.05) is 38.4 Å². The molecule has 0 radical (unpaired) electrons. The Morgan fingerprint density at radius 3 is 2.70 bits per heavy atom. The summed E-state index contributed by atoms with van der Waals surface area (Å²) >= 11 is 0. The third-order valence-corrected chi connectivity index (χ3v) is 2.79. The van der Waals surface area contributed by atoms with Gasteiger partial charge in [0.15, 0.2) is 0 Å². The number of aromatic nitrogens is 4. The standard InChI is InChI=1S/C14H20N4O2/c1-3-19-14(20-4-2)13-11-18(17-16-13)9-7-12-6-5-8-15-10-12/h5-6,8,10-11,14H,3-4,7,9H2,1-2H3. The van der Waals surface area contributed by atoms with Gasteiger partial charge in [0.25, 0.3) is 0 Å². The van der Waals surface area contributed by atoms with E-state index in [1.165, 1.54) is 5.56 Å². The zero-order chi connectivity index (χ0) is 14.2. The van der Waals surface area contributed by atoms with E-state index in [1.54, 1.807) is 10.9 Å². The van der Waals surface area contributed by atoms with Crippen molar-refractivity contribution in [2.75, 3.05) is 13.2 Å². The molecule has 0 aromatic carbocycles. The summed E-state index contributed by atoms with van der Waals surface area (Å²) in [5.74, 6) is 0. The van der Waals surface area contributed by atoms with Gasteiger partial charge >= 0.3 is 0 Å². The van der Waals surface area contributed by atoms with Crippen molar-refractivity contribution in [3.63, 3.8) is 0 Å². The van der Waals surface area contributed by atoms with Crippen LogP contribution < -0.4 is 0 Å². The highest BCUT2D eigenvalue weighted by atomic mass is 16.7. The Bertz CT molecular complexity index is 495. The molecule has 0 aliphatic carbocycles. The van der Waals surface area contributed by atoms with E-state index in [9.17, 15) is 0 Å². The van der Waals surface area contributed by atoms with Gasteiger partial charge in [0.2, 0.25) is 6.29 Å². The molecule has 2 aromatic heterocycles. The number of rotatable bonds is 8. The van der Waals surface area contributed by atoms with Gasteiger partial charge in [-0.25, -0.2) is 0 Å². The van der Waals surface area contributed by atoms with Crippen LogP contribution in [-0.4, -0.2) is 33.2 Å². The Kier molecular flexibility index (Phi) is 5.64. The molecule has 6 heteroatoms. The molecule has 0 unspecified atom stereocenters. The molecule has 108 valence electrons. The van der Waals surface area contributed by atoms with Gasteiger partial charge < -0.3 is 9.47 Å². The summed E-state index contributed by atoms with van der Waals surface area (Å²) in [6.07, 6.45) is 5.93. The largest absolute Gasteiger partial charge is 0.347 e. The van der Waals surface area contributed by atoms with Crippen molar-refractivity contribution in [3.8, 4) is 0 Å². The monoisotopic (exact) mass is 276 g/mol. The average Bonchev–Trinajstić information content (AvgIpc) is 2.95. The molecule has 2 rings (SSSR count). The molecule has 0 saturated heterocycles. The lowest BCUT2D eigenvalue weighted by molar-refractivity contribution is -0.142. The fourth-order valence-corrected chi connectivity index (χ4v) is 1.84. The zero-order valence-electron chi connectivity index (χ0n) is 11.9. The fraction of sp³-hybridized carbons (Fsp3) is 0.500. The maximum atomic E-state index is 5.50. The molecule has 0 bridgehead atoms. The Balaban J connectivity index is 1.94. The number of nitrogens with zero attached hydrogens (tertiary/aromatic N) is 4. The maximum absolute atomic E-state index is 5.50. The highest BCUT2D eigenvalue weighted by Crippen LogP contribution is 2.15. The van der Waals surface area contributed by atoms with E-state index in [4.69, 9.17) is 9.47 Å². The summed E-state index contributed by atoms with van der Waals surface area (Å²) in [7, 11) is 0. The summed E-state index contributed by atoms with van der Waals surface area (Å²) in [4.78, 5) is 4.09. The second-order valence-electron chi connectivity index (χ2n) is 4.26. The minimum Gasteiger partial charge on any atom is -0.347 e. The van der Waals surface area contributed by atoms with Gasteiger partial charge in [-0.1, -0.05) is 11.3 Å². The number of aryl methyl sites for hydroxylation is 2. The lowest BCUT2D eigenvalue weighted by Gasteiger charge is -2.13. The molecule has 20 heavy (non-hydrogen) atoms. The van der Waals surface area contributed by atoms with Crippen LogP contribution in [0.1, 0.15) is 31.4 Å². The van der Waals surface area contributed by atoms with Crippen LogP contribution in [0.2, 0.25) is 0 Å². The molecular weight excluding hydrogens is 256 g/mol. The van der Waals surface area contributed by atoms with Gasteiger partial charge in [0, 0.05) is 32.2 Å². The van der Waals surface area contributed by atoms with Crippen LogP contribution in [0, 0.1) is 0 Å². The van der Waals surface area contributed by atoms with Crippen molar-refractivity contribution < 1.29 is 9.47 Å². The highest BCUT2D eigenvalue weighted by Gasteiger charge is 2.15. The molecule has 0 aliphatic rings. The van der Waals surface area contributed by atoms with Crippen LogP contribution in [0.15, 0.2) is 30.7 Å². The maximum Gasteiger partial charge on any atom is 0.204 e. The topological polar surface area (TPSA) is 62.1 Å². The number of pyridine rings is 1. The first kappa shape index (κ1) is 14.6. The van der Waals surface area contributed by atoms with Crippen molar-refractivity contribution in [2.45, 2.75) is 33.1 Å². The second kappa shape index (κ2) is 7.72. The van der Waals surface area contributed by atoms with Crippen molar-refractivity contribution in [2.24, 2.45) is 0 Å². The SMILES string of the molecule is CCOC(OCC)c1cn(CCc2cccnc2)nn1. The van der Waals surface area contributed by atoms with Gasteiger partial charge in [-0.3, -0.25) is 9.67 Å². The Hall–Kier alpha value is -1.79. The van der Waals surface area contributed by atoms with Crippen LogP contribution in [0.4, 0.5) is 0 Å². The van der Waals surface area contributed by atoms with Gasteiger partial charge in [0.05, 0.1) is 6.20 Å². The van der Waals surface area contributed by atoms with Crippen LogP contribution in [0.3, 0.4) is 0 Å². The molecule has 2 heterocycles. The Morgan fingerprint density at radius 1 is 1.25 bits per heavy atom. The molecule has 0 amide bonds. The fourth-order valence-electron chi connectivity index (χ4n) is 1.84. The van der Waals surface area contributed by atoms with Gasteiger partial charge in [0.1, 0.15) is 5.69 Å². The van der Waals surface area contributed by atoms with Crippen LogP contribution in [-0.2, 0) is 22.4 Å². The molecule has 0 aliphatic heterocycles. The van der Waals surface area contributed by atoms with Crippen molar-refractivity contribution in [1.82, 2.24) is 20.0 Å². The summed E-state index contributed by atoms with van der Waals surface area (Å²) in [5, 5.41) is 8.22. The third kappa shape index (κ3) is 4.11. The molecule has 0 saturated carbocycles. The molecule has 0 N–H and O–H groups in total. The molecule has 2 aromatic rings. The molecule has 0 atom stereocenters. The van der Waals surface area contributed by atoms with Crippen molar-refractivity contribution in [1.29, 1.82) is 0 Å². The lowest BCUT2D eigenvalue weighted by atomic mass is 10.2. The first-order valence-corrected chi connectivity index (χ1v) is 6.85. The van der Waals surface area contributed by atoms with Crippen LogP contribution in [0.5, 0.6) is 0 Å². The van der Waals surface area contributed by atoms with Gasteiger partial charge in [-0.2, -0.15) is 0 Å². The van der Waals surface area contributed by atoms with E-state index in [2.05, 4.69) is 15.3 Å². The molecule has 0 fully saturated rings. The third-order valence-electron chi connectivity index (χ3n) is 2.79. The first-order valence-electron chi connectivity index (χ1n) is 6.85. The van der Waals surface area contributed by atoms with Crippen LogP contribution in [0.25, 0.3) is 0 Å². The Labute approximate surface area is 118 Å². The minimum absolute atomic E-state index is 0.433. The molecular formula is C14H20N4O2. The van der Waals surface area contributed by atoms with E-state index < -0.39 is 6.29 Å². The summed E-state index contributed by atoms with van der Waals surface area (Å²) in [5.41, 5.74) is 1.88. The predicted molar refractivity (Wildman–Crippen MR) is 74.0 cm³/mol. The average molecular weight is 276 g/mol. The summed E-state index contributed by atoms with van der Waals surface area (Å²) in [6.45, 7) is 5.77. The quantitative estimate of drug-likeness (QED) is 0.690.